The largest absolute Gasteiger partial charge is 0.493 e. The third kappa shape index (κ3) is 5.31. The van der Waals surface area contributed by atoms with E-state index >= 15 is 0 Å². The third-order valence-corrected chi connectivity index (χ3v) is 6.03. The molecule has 0 spiro atoms. The van der Waals surface area contributed by atoms with Crippen LogP contribution in [0.2, 0.25) is 0 Å². The minimum atomic E-state index is -0.127. The van der Waals surface area contributed by atoms with Gasteiger partial charge in [0, 0.05) is 48.6 Å². The Kier molecular flexibility index (Phi) is 7.19. The average molecular weight is 447 g/mol. The second kappa shape index (κ2) is 10.4. The Bertz CT molecular complexity index is 1160. The molecule has 1 atom stereocenters. The zero-order valence-electron chi connectivity index (χ0n) is 19.2. The molecule has 1 saturated heterocycles. The van der Waals surface area contributed by atoms with Crippen molar-refractivity contribution in [3.63, 3.8) is 0 Å². The van der Waals surface area contributed by atoms with Gasteiger partial charge in [-0.05, 0) is 49.6 Å². The lowest BCUT2D eigenvalue weighted by Crippen LogP contribution is -2.34. The highest BCUT2D eigenvalue weighted by Gasteiger charge is 2.24. The van der Waals surface area contributed by atoms with E-state index in [-0.39, 0.29) is 11.5 Å². The van der Waals surface area contributed by atoms with Gasteiger partial charge in [0.05, 0.1) is 19.9 Å². The van der Waals surface area contributed by atoms with Crippen molar-refractivity contribution in [1.29, 1.82) is 0 Å². The zero-order valence-corrected chi connectivity index (χ0v) is 19.2. The third-order valence-electron chi connectivity index (χ3n) is 6.03. The Morgan fingerprint density at radius 3 is 2.76 bits per heavy atom. The van der Waals surface area contributed by atoms with Gasteiger partial charge in [-0.25, -0.2) is 4.98 Å². The number of benzene rings is 1. The van der Waals surface area contributed by atoms with Crippen molar-refractivity contribution >= 4 is 0 Å². The molecule has 1 unspecified atom stereocenters. The Morgan fingerprint density at radius 2 is 2.03 bits per heavy atom. The van der Waals surface area contributed by atoms with Crippen LogP contribution in [0.3, 0.4) is 0 Å². The molecule has 7 heteroatoms. The number of hydrogen-bond donors (Lipinski definition) is 1. The topological polar surface area (TPSA) is 80.3 Å². The predicted octanol–water partition coefficient (Wildman–Crippen LogP) is 3.96. The van der Waals surface area contributed by atoms with Crippen LogP contribution in [0, 0.1) is 0 Å². The van der Waals surface area contributed by atoms with E-state index in [4.69, 9.17) is 14.5 Å². The van der Waals surface area contributed by atoms with Crippen LogP contribution in [0.1, 0.15) is 35.6 Å². The smallest absolute Gasteiger partial charge is 0.251 e. The number of aromatic nitrogens is 3. The summed E-state index contributed by atoms with van der Waals surface area (Å²) in [7, 11) is 3.32. The summed E-state index contributed by atoms with van der Waals surface area (Å²) in [6.45, 7) is 6.51. The highest BCUT2D eigenvalue weighted by atomic mass is 16.5. The van der Waals surface area contributed by atoms with Crippen LogP contribution in [-0.2, 0) is 13.0 Å². The first-order valence-corrected chi connectivity index (χ1v) is 11.2. The molecule has 1 N–H and O–H groups in total. The fourth-order valence-corrected chi connectivity index (χ4v) is 4.54. The van der Waals surface area contributed by atoms with Crippen molar-refractivity contribution in [2.75, 3.05) is 27.3 Å². The van der Waals surface area contributed by atoms with Crippen molar-refractivity contribution in [3.05, 3.63) is 82.6 Å². The molecule has 0 radical (unpaired) electrons. The monoisotopic (exact) mass is 446 g/mol. The number of ether oxygens (including phenoxy) is 2. The second-order valence-corrected chi connectivity index (χ2v) is 8.31. The van der Waals surface area contributed by atoms with Gasteiger partial charge in [0.1, 0.15) is 5.82 Å². The molecule has 0 amide bonds. The first-order chi connectivity index (χ1) is 16.1. The van der Waals surface area contributed by atoms with Crippen molar-refractivity contribution in [2.24, 2.45) is 0 Å². The van der Waals surface area contributed by atoms with E-state index in [1.54, 1.807) is 32.7 Å². The van der Waals surface area contributed by atoms with Gasteiger partial charge >= 0.3 is 0 Å². The molecular weight excluding hydrogens is 416 g/mol. The maximum atomic E-state index is 12.4. The maximum Gasteiger partial charge on any atom is 0.251 e. The van der Waals surface area contributed by atoms with Crippen LogP contribution in [0.5, 0.6) is 11.5 Å². The number of rotatable bonds is 8. The lowest BCUT2D eigenvalue weighted by atomic mass is 9.93. The fraction of sp³-hybridized carbons (Fsp3) is 0.346. The Labute approximate surface area is 194 Å². The number of methoxy groups -OCH3 is 2. The second-order valence-electron chi connectivity index (χ2n) is 8.31. The Hall–Kier alpha value is -3.45. The van der Waals surface area contributed by atoms with Crippen LogP contribution in [0.4, 0.5) is 0 Å². The van der Waals surface area contributed by atoms with Gasteiger partial charge in [-0.3, -0.25) is 14.7 Å². The lowest BCUT2D eigenvalue weighted by molar-refractivity contribution is 0.198. The molecule has 7 nitrogen and oxygen atoms in total. The van der Waals surface area contributed by atoms with E-state index in [1.807, 2.05) is 24.3 Å². The van der Waals surface area contributed by atoms with E-state index < -0.39 is 0 Å². The number of nitrogens with one attached hydrogen (secondary N) is 1. The van der Waals surface area contributed by atoms with Crippen LogP contribution in [0.25, 0.3) is 11.4 Å². The van der Waals surface area contributed by atoms with Gasteiger partial charge in [0.15, 0.2) is 11.5 Å². The molecule has 0 aliphatic carbocycles. The molecule has 2 aromatic heterocycles. The van der Waals surface area contributed by atoms with E-state index in [0.29, 0.717) is 12.2 Å². The van der Waals surface area contributed by atoms with Gasteiger partial charge in [0.2, 0.25) is 0 Å². The molecule has 172 valence electrons. The van der Waals surface area contributed by atoms with Crippen LogP contribution in [0.15, 0.2) is 60.2 Å². The quantitative estimate of drug-likeness (QED) is 0.528. The van der Waals surface area contributed by atoms with Crippen molar-refractivity contribution in [3.8, 4) is 22.9 Å². The number of pyridine rings is 1. The molecule has 1 aromatic carbocycles. The van der Waals surface area contributed by atoms with Crippen molar-refractivity contribution in [1.82, 2.24) is 19.9 Å². The number of H-pyrrole nitrogens is 1. The van der Waals surface area contributed by atoms with E-state index in [2.05, 4.69) is 27.5 Å². The number of aromatic amines is 1. The van der Waals surface area contributed by atoms with E-state index in [1.165, 1.54) is 5.56 Å². The summed E-state index contributed by atoms with van der Waals surface area (Å²) in [5.41, 5.74) is 3.81. The minimum absolute atomic E-state index is 0.127. The number of likely N-dealkylation sites (tertiary alicyclic amines) is 1. The highest BCUT2D eigenvalue weighted by molar-refractivity contribution is 5.53. The van der Waals surface area contributed by atoms with Gasteiger partial charge in [-0.15, -0.1) is 6.58 Å². The molecular formula is C26H30N4O3. The molecule has 3 heterocycles. The van der Waals surface area contributed by atoms with Gasteiger partial charge in [0.25, 0.3) is 5.56 Å². The molecule has 0 bridgehead atoms. The summed E-state index contributed by atoms with van der Waals surface area (Å²) in [6, 6.07) is 9.55. The number of allylic oxidation sites excluding steroid dienone is 1. The SMILES string of the molecule is C=CCc1cc(CN2CCCC(c3cc(=O)[nH]c(-c4ccncc4)n3)C2)cc(OC)c1OC. The maximum absolute atomic E-state index is 12.4. The minimum Gasteiger partial charge on any atom is -0.493 e. The zero-order chi connectivity index (χ0) is 23.2. The Morgan fingerprint density at radius 1 is 1.21 bits per heavy atom. The van der Waals surface area contributed by atoms with Gasteiger partial charge < -0.3 is 14.5 Å². The number of nitrogens with zero attached hydrogens (tertiary/aromatic N) is 3. The van der Waals surface area contributed by atoms with Crippen LogP contribution >= 0.6 is 0 Å². The fourth-order valence-electron chi connectivity index (χ4n) is 4.54. The first-order valence-electron chi connectivity index (χ1n) is 11.2. The van der Waals surface area contributed by atoms with Crippen molar-refractivity contribution < 1.29 is 9.47 Å². The molecule has 1 aliphatic rings. The standard InChI is InChI=1S/C26H30N4O3/c1-4-6-20-13-18(14-23(32-2)25(20)33-3)16-30-12-5-7-21(17-30)22-15-24(31)29-26(28-22)19-8-10-27-11-9-19/h4,8-11,13-15,21H,1,5-7,12,16-17H2,2-3H3,(H,28,29,31). The molecule has 1 fully saturated rings. The van der Waals surface area contributed by atoms with Crippen LogP contribution < -0.4 is 15.0 Å². The average Bonchev–Trinajstić information content (AvgIpc) is 2.84. The normalized spacial score (nSPS) is 16.4. The molecule has 1 aliphatic heterocycles. The summed E-state index contributed by atoms with van der Waals surface area (Å²) in [6.07, 6.45) is 8.05. The van der Waals surface area contributed by atoms with Gasteiger partial charge in [-0.1, -0.05) is 12.1 Å². The van der Waals surface area contributed by atoms with E-state index in [9.17, 15) is 4.79 Å². The summed E-state index contributed by atoms with van der Waals surface area (Å²) in [5, 5.41) is 0. The summed E-state index contributed by atoms with van der Waals surface area (Å²) < 4.78 is 11.1. The molecule has 33 heavy (non-hydrogen) atoms. The Balaban J connectivity index is 1.55. The first kappa shape index (κ1) is 22.7. The lowest BCUT2D eigenvalue weighted by Gasteiger charge is -2.32. The summed E-state index contributed by atoms with van der Waals surface area (Å²) in [5.74, 6) is 2.29. The van der Waals surface area contributed by atoms with Crippen molar-refractivity contribution in [2.45, 2.75) is 31.7 Å². The summed E-state index contributed by atoms with van der Waals surface area (Å²) >= 11 is 0. The predicted molar refractivity (Wildman–Crippen MR) is 129 cm³/mol. The highest BCUT2D eigenvalue weighted by Crippen LogP contribution is 2.34. The van der Waals surface area contributed by atoms with Gasteiger partial charge in [-0.2, -0.15) is 0 Å². The molecule has 4 rings (SSSR count). The number of hydrogen-bond acceptors (Lipinski definition) is 6. The van der Waals surface area contributed by atoms with E-state index in [0.717, 1.165) is 60.8 Å². The summed E-state index contributed by atoms with van der Waals surface area (Å²) in [4.78, 5) is 26.5. The molecule has 0 saturated carbocycles. The molecule has 3 aromatic rings. The number of piperidine rings is 1. The van der Waals surface area contributed by atoms with Crippen LogP contribution in [-0.4, -0.2) is 47.2 Å².